The fourth-order valence-electron chi connectivity index (χ4n) is 8.10. The van der Waals surface area contributed by atoms with Crippen molar-refractivity contribution in [3.05, 3.63) is 0 Å². The molecule has 4 aliphatic carbocycles. The van der Waals surface area contributed by atoms with Crippen LogP contribution in [0.15, 0.2) is 0 Å². The van der Waals surface area contributed by atoms with Gasteiger partial charge < -0.3 is 0 Å². The molecular formula is C35H76. The van der Waals surface area contributed by atoms with E-state index in [-0.39, 0.29) is 0 Å². The molecule has 0 nitrogen and oxygen atoms in total. The van der Waals surface area contributed by atoms with Crippen LogP contribution in [-0.2, 0) is 0 Å². The number of hydrogen-bond acceptors (Lipinski definition) is 0. The van der Waals surface area contributed by atoms with Gasteiger partial charge >= 0.3 is 0 Å². The van der Waals surface area contributed by atoms with Crippen LogP contribution >= 0.6 is 0 Å². The van der Waals surface area contributed by atoms with Gasteiger partial charge in [0, 0.05) is 0 Å². The van der Waals surface area contributed by atoms with Crippen molar-refractivity contribution in [1.29, 1.82) is 0 Å². The second-order valence-electron chi connectivity index (χ2n) is 10.9. The normalized spacial score (nSPS) is 34.6. The summed E-state index contributed by atoms with van der Waals surface area (Å²) in [7, 11) is 0. The van der Waals surface area contributed by atoms with Gasteiger partial charge in [-0.05, 0) is 91.3 Å². The van der Waals surface area contributed by atoms with Crippen molar-refractivity contribution in [3.63, 3.8) is 0 Å². The molecule has 0 aromatic rings. The van der Waals surface area contributed by atoms with E-state index < -0.39 is 0 Å². The highest BCUT2D eigenvalue weighted by Crippen LogP contribution is 2.62. The Kier molecular flexibility index (Phi) is 26.1. The van der Waals surface area contributed by atoms with Crippen LogP contribution in [-0.4, -0.2) is 0 Å². The Morgan fingerprint density at radius 2 is 0.971 bits per heavy atom. The van der Waals surface area contributed by atoms with Gasteiger partial charge in [-0.2, -0.15) is 0 Å². The second-order valence-corrected chi connectivity index (χ2v) is 10.9. The molecule has 4 aliphatic rings. The predicted molar refractivity (Wildman–Crippen MR) is 167 cm³/mol. The van der Waals surface area contributed by atoms with Crippen LogP contribution in [0.4, 0.5) is 0 Å². The summed E-state index contributed by atoms with van der Waals surface area (Å²) in [5, 5.41) is 0. The summed E-state index contributed by atoms with van der Waals surface area (Å²) < 4.78 is 0. The van der Waals surface area contributed by atoms with Crippen LogP contribution in [0.2, 0.25) is 0 Å². The zero-order valence-corrected chi connectivity index (χ0v) is 28.2. The van der Waals surface area contributed by atoms with E-state index in [1.165, 1.54) is 50.4 Å². The topological polar surface area (TPSA) is 0 Å². The van der Waals surface area contributed by atoms with Crippen molar-refractivity contribution < 1.29 is 0 Å². The molecule has 0 aliphatic heterocycles. The first-order valence-electron chi connectivity index (χ1n) is 16.9. The maximum Gasteiger partial charge on any atom is -0.0298 e. The summed E-state index contributed by atoms with van der Waals surface area (Å²) in [5.74, 6) is 8.79. The van der Waals surface area contributed by atoms with E-state index in [1.54, 1.807) is 25.7 Å². The van der Waals surface area contributed by atoms with Crippen molar-refractivity contribution in [1.82, 2.24) is 0 Å². The van der Waals surface area contributed by atoms with Crippen LogP contribution in [0, 0.1) is 52.8 Å². The van der Waals surface area contributed by atoms with Gasteiger partial charge in [0.15, 0.2) is 0 Å². The van der Waals surface area contributed by atoms with E-state index in [1.807, 2.05) is 69.2 Å². The standard InChI is InChI=1S/C13H22.C12H24.5C2H6/c1-3-9-6-10-7-12(9)13-5-8(2)4-11(10)13;1-5-10-8-7-9-11(6-2)12(10,3)4;5*1-2/h8-13H,3-7H2,1-2H3;10-11H,5-9H2,1-4H3;5*1-2H3. The molecule has 35 heavy (non-hydrogen) atoms. The SMILES string of the molecule is CC.CC.CC.CC.CC.CCC1CC2CC1C1CC(C)CC21.CCC1CCCC(CC)C1(C)C. The first kappa shape index (κ1) is 39.5. The maximum absolute atomic E-state index is 2.48. The molecule has 4 saturated carbocycles. The van der Waals surface area contributed by atoms with Gasteiger partial charge in [0.2, 0.25) is 0 Å². The average Bonchev–Trinajstić information content (AvgIpc) is 3.61. The molecule has 0 radical (unpaired) electrons. The maximum atomic E-state index is 2.48. The molecule has 2 bridgehead atoms. The van der Waals surface area contributed by atoms with E-state index >= 15 is 0 Å². The summed E-state index contributed by atoms with van der Waals surface area (Å²) >= 11 is 0. The van der Waals surface area contributed by atoms with Crippen molar-refractivity contribution >= 4 is 0 Å². The van der Waals surface area contributed by atoms with E-state index in [0.717, 1.165) is 35.5 Å². The van der Waals surface area contributed by atoms with Crippen molar-refractivity contribution in [3.8, 4) is 0 Å². The molecule has 0 amide bonds. The third kappa shape index (κ3) is 11.1. The Bertz CT molecular complexity index is 404. The lowest BCUT2D eigenvalue weighted by Crippen LogP contribution is -2.35. The number of rotatable bonds is 3. The smallest absolute Gasteiger partial charge is 0.0298 e. The summed E-state index contributed by atoms with van der Waals surface area (Å²) in [4.78, 5) is 0. The van der Waals surface area contributed by atoms with Gasteiger partial charge in [-0.1, -0.05) is 136 Å². The van der Waals surface area contributed by atoms with Crippen molar-refractivity contribution in [2.45, 2.75) is 175 Å². The van der Waals surface area contributed by atoms with E-state index in [2.05, 4.69) is 41.5 Å². The Morgan fingerprint density at radius 3 is 1.37 bits per heavy atom. The third-order valence-corrected chi connectivity index (χ3v) is 9.56. The molecule has 0 heteroatoms. The van der Waals surface area contributed by atoms with Crippen molar-refractivity contribution in [2.75, 3.05) is 0 Å². The molecular weight excluding hydrogens is 420 g/mol. The summed E-state index contributed by atoms with van der Waals surface area (Å²) in [6.45, 7) is 34.5. The highest BCUT2D eigenvalue weighted by molar-refractivity contribution is 5.03. The van der Waals surface area contributed by atoms with Crippen LogP contribution in [0.3, 0.4) is 0 Å². The Balaban J connectivity index is -0.000000434. The minimum Gasteiger partial charge on any atom is -0.0683 e. The lowest BCUT2D eigenvalue weighted by Gasteiger charge is -2.45. The molecule has 0 spiro atoms. The first-order valence-corrected chi connectivity index (χ1v) is 16.9. The molecule has 0 aromatic heterocycles. The first-order chi connectivity index (χ1) is 16.9. The van der Waals surface area contributed by atoms with Crippen LogP contribution in [0.25, 0.3) is 0 Å². The van der Waals surface area contributed by atoms with Crippen LogP contribution < -0.4 is 0 Å². The third-order valence-electron chi connectivity index (χ3n) is 9.56. The van der Waals surface area contributed by atoms with E-state index in [9.17, 15) is 0 Å². The molecule has 0 heterocycles. The fraction of sp³-hybridized carbons (Fsp3) is 1.00. The largest absolute Gasteiger partial charge is 0.0683 e. The molecule has 216 valence electrons. The lowest BCUT2D eigenvalue weighted by molar-refractivity contribution is 0.0541. The summed E-state index contributed by atoms with van der Waals surface area (Å²) in [5.41, 5.74) is 0.613. The quantitative estimate of drug-likeness (QED) is 0.364. The van der Waals surface area contributed by atoms with Crippen LogP contribution in [0.1, 0.15) is 175 Å². The van der Waals surface area contributed by atoms with Gasteiger partial charge in [0.25, 0.3) is 0 Å². The van der Waals surface area contributed by atoms with Gasteiger partial charge in [-0.15, -0.1) is 0 Å². The molecule has 8 atom stereocenters. The minimum absolute atomic E-state index is 0.613. The van der Waals surface area contributed by atoms with Gasteiger partial charge in [0.1, 0.15) is 0 Å². The number of fused-ring (bicyclic) bond motifs is 5. The van der Waals surface area contributed by atoms with Gasteiger partial charge in [0.05, 0.1) is 0 Å². The monoisotopic (exact) mass is 497 g/mol. The second kappa shape index (κ2) is 23.1. The van der Waals surface area contributed by atoms with E-state index in [4.69, 9.17) is 0 Å². The fourth-order valence-corrected chi connectivity index (χ4v) is 8.10. The van der Waals surface area contributed by atoms with Crippen molar-refractivity contribution in [2.24, 2.45) is 52.8 Å². The van der Waals surface area contributed by atoms with E-state index in [0.29, 0.717) is 5.41 Å². The highest BCUT2D eigenvalue weighted by Gasteiger charge is 2.54. The zero-order chi connectivity index (χ0) is 28.2. The molecule has 0 N–H and O–H groups in total. The lowest BCUT2D eigenvalue weighted by atomic mass is 9.61. The van der Waals surface area contributed by atoms with Gasteiger partial charge in [-0.25, -0.2) is 0 Å². The molecule has 4 fully saturated rings. The molecule has 4 rings (SSSR count). The predicted octanol–water partition coefficient (Wildman–Crippen LogP) is 13.1. The van der Waals surface area contributed by atoms with Crippen LogP contribution in [0.5, 0.6) is 0 Å². The Hall–Kier alpha value is 0. The zero-order valence-electron chi connectivity index (χ0n) is 28.2. The Labute approximate surface area is 227 Å². The Morgan fingerprint density at radius 1 is 0.543 bits per heavy atom. The molecule has 0 aromatic carbocycles. The minimum atomic E-state index is 0.613. The van der Waals surface area contributed by atoms with Gasteiger partial charge in [-0.3, -0.25) is 0 Å². The molecule has 0 saturated heterocycles. The summed E-state index contributed by atoms with van der Waals surface area (Å²) in [6.07, 6.45) is 15.0. The highest BCUT2D eigenvalue weighted by atomic mass is 14.6. The average molecular weight is 497 g/mol. The number of hydrogen-bond donors (Lipinski definition) is 0. The molecule has 8 unspecified atom stereocenters. The summed E-state index contributed by atoms with van der Waals surface area (Å²) in [6, 6.07) is 0.